The molecule has 0 saturated heterocycles. The van der Waals surface area contributed by atoms with E-state index in [9.17, 15) is 31.5 Å². The van der Waals surface area contributed by atoms with Gasteiger partial charge in [-0.15, -0.1) is 0 Å². The van der Waals surface area contributed by atoms with Gasteiger partial charge in [0.15, 0.2) is 23.3 Å². The molecule has 5 nitrogen and oxygen atoms in total. The maximum atomic E-state index is 14.3. The number of hydroxylamine groups is 1. The van der Waals surface area contributed by atoms with Crippen LogP contribution in [0.5, 0.6) is 0 Å². The van der Waals surface area contributed by atoms with Gasteiger partial charge in [-0.3, -0.25) is 14.8 Å². The Bertz CT molecular complexity index is 963. The Hall–Kier alpha value is -3.01. The van der Waals surface area contributed by atoms with Crippen LogP contribution >= 0.6 is 0 Å². The predicted octanol–water partition coefficient (Wildman–Crippen LogP) is 3.31. The molecule has 0 radical (unpaired) electrons. The molecule has 0 bridgehead atoms. The summed E-state index contributed by atoms with van der Waals surface area (Å²) in [6.45, 7) is -0.365. The van der Waals surface area contributed by atoms with E-state index in [0.717, 1.165) is 11.0 Å². The zero-order valence-corrected chi connectivity index (χ0v) is 14.1. The number of carbonyl (C=O) groups excluding carboxylic acids is 2. The SMILES string of the molecule is O=C(NO)c1ccc(CN(C(=O)c2cc(F)c(F)c(F)c2F)C2CC2)c(F)c1. The molecule has 1 aliphatic carbocycles. The number of rotatable bonds is 5. The maximum Gasteiger partial charge on any atom is 0.274 e. The number of amides is 2. The van der Waals surface area contributed by atoms with Crippen LogP contribution < -0.4 is 5.48 Å². The lowest BCUT2D eigenvalue weighted by molar-refractivity contribution is 0.0701. The van der Waals surface area contributed by atoms with Crippen molar-refractivity contribution in [3.63, 3.8) is 0 Å². The van der Waals surface area contributed by atoms with Gasteiger partial charge >= 0.3 is 0 Å². The van der Waals surface area contributed by atoms with Crippen molar-refractivity contribution < 1.29 is 36.7 Å². The molecule has 0 atom stereocenters. The van der Waals surface area contributed by atoms with E-state index in [2.05, 4.69) is 0 Å². The normalized spacial score (nSPS) is 13.4. The number of hydrogen-bond acceptors (Lipinski definition) is 3. The molecule has 2 aromatic rings. The van der Waals surface area contributed by atoms with Gasteiger partial charge in [-0.1, -0.05) is 6.07 Å². The Morgan fingerprint density at radius 1 is 1.00 bits per heavy atom. The first-order chi connectivity index (χ1) is 13.2. The smallest absolute Gasteiger partial charge is 0.274 e. The van der Waals surface area contributed by atoms with Gasteiger partial charge in [0.05, 0.1) is 5.56 Å². The average molecular weight is 400 g/mol. The summed E-state index contributed by atoms with van der Waals surface area (Å²) in [7, 11) is 0. The van der Waals surface area contributed by atoms with Crippen molar-refractivity contribution in [3.8, 4) is 0 Å². The van der Waals surface area contributed by atoms with Gasteiger partial charge in [0.1, 0.15) is 5.82 Å². The Morgan fingerprint density at radius 3 is 2.25 bits per heavy atom. The molecule has 0 unspecified atom stereocenters. The third-order valence-electron chi connectivity index (χ3n) is 4.34. The summed E-state index contributed by atoms with van der Waals surface area (Å²) in [5, 5.41) is 8.57. The molecule has 0 spiro atoms. The van der Waals surface area contributed by atoms with E-state index in [1.54, 1.807) is 0 Å². The Labute approximate surface area is 155 Å². The summed E-state index contributed by atoms with van der Waals surface area (Å²) in [4.78, 5) is 24.9. The number of hydrogen-bond donors (Lipinski definition) is 2. The minimum absolute atomic E-state index is 0.0433. The average Bonchev–Trinajstić information content (AvgIpc) is 3.52. The monoisotopic (exact) mass is 400 g/mol. The van der Waals surface area contributed by atoms with Gasteiger partial charge in [0.25, 0.3) is 11.8 Å². The van der Waals surface area contributed by atoms with Gasteiger partial charge < -0.3 is 4.90 Å². The van der Waals surface area contributed by atoms with Crippen LogP contribution in [0, 0.1) is 29.1 Å². The highest BCUT2D eigenvalue weighted by molar-refractivity contribution is 5.95. The topological polar surface area (TPSA) is 69.6 Å². The molecule has 1 aliphatic rings. The van der Waals surface area contributed by atoms with Gasteiger partial charge in [0, 0.05) is 23.7 Å². The first-order valence-electron chi connectivity index (χ1n) is 8.11. The third kappa shape index (κ3) is 3.68. The molecular weight excluding hydrogens is 387 g/mol. The Kier molecular flexibility index (Phi) is 5.32. The highest BCUT2D eigenvalue weighted by Crippen LogP contribution is 2.31. The fourth-order valence-electron chi connectivity index (χ4n) is 2.70. The van der Waals surface area contributed by atoms with Crippen LogP contribution in [-0.4, -0.2) is 28.0 Å². The fraction of sp³-hybridized carbons (Fsp3) is 0.222. The summed E-state index contributed by atoms with van der Waals surface area (Å²) in [5.41, 5.74) is 0.122. The number of benzene rings is 2. The fourth-order valence-corrected chi connectivity index (χ4v) is 2.70. The van der Waals surface area contributed by atoms with Crippen molar-refractivity contribution in [1.82, 2.24) is 10.4 Å². The minimum Gasteiger partial charge on any atom is -0.331 e. The molecule has 28 heavy (non-hydrogen) atoms. The molecule has 1 fully saturated rings. The van der Waals surface area contributed by atoms with Gasteiger partial charge in [-0.25, -0.2) is 27.4 Å². The summed E-state index contributed by atoms with van der Waals surface area (Å²) in [6.07, 6.45) is 1.04. The first kappa shape index (κ1) is 19.7. The summed E-state index contributed by atoms with van der Waals surface area (Å²) in [5.74, 6) is -10.6. The van der Waals surface area contributed by atoms with Crippen molar-refractivity contribution in [2.75, 3.05) is 0 Å². The van der Waals surface area contributed by atoms with Gasteiger partial charge in [-0.2, -0.15) is 0 Å². The van der Waals surface area contributed by atoms with Crippen LogP contribution in [0.4, 0.5) is 22.0 Å². The Balaban J connectivity index is 1.92. The maximum absolute atomic E-state index is 14.3. The second-order valence-corrected chi connectivity index (χ2v) is 6.26. The molecule has 3 rings (SSSR count). The zero-order chi connectivity index (χ0) is 20.6. The van der Waals surface area contributed by atoms with Crippen LogP contribution in [0.1, 0.15) is 39.1 Å². The highest BCUT2D eigenvalue weighted by Gasteiger charge is 2.36. The number of carbonyl (C=O) groups is 2. The molecule has 0 aromatic heterocycles. The van der Waals surface area contributed by atoms with Crippen LogP contribution in [0.2, 0.25) is 0 Å². The van der Waals surface area contributed by atoms with Crippen LogP contribution in [0.15, 0.2) is 24.3 Å². The molecule has 2 amide bonds. The van der Waals surface area contributed by atoms with Crippen LogP contribution in [-0.2, 0) is 6.54 Å². The summed E-state index contributed by atoms with van der Waals surface area (Å²) < 4.78 is 68.3. The molecule has 2 N–H and O–H groups in total. The standard InChI is InChI=1S/C18H13F5N2O3/c19-12-5-8(17(26)24-28)1-2-9(12)7-25(10-3-4-10)18(27)11-6-13(20)15(22)16(23)14(11)21/h1-2,5-6,10,28H,3-4,7H2,(H,24,26). The van der Waals surface area contributed by atoms with Crippen molar-refractivity contribution in [3.05, 3.63) is 70.0 Å². The van der Waals surface area contributed by atoms with E-state index in [4.69, 9.17) is 5.21 Å². The van der Waals surface area contributed by atoms with E-state index in [1.807, 2.05) is 0 Å². The first-order valence-corrected chi connectivity index (χ1v) is 8.11. The summed E-state index contributed by atoms with van der Waals surface area (Å²) >= 11 is 0. The second-order valence-electron chi connectivity index (χ2n) is 6.26. The van der Waals surface area contributed by atoms with Crippen molar-refractivity contribution in [1.29, 1.82) is 0 Å². The lowest BCUT2D eigenvalue weighted by Gasteiger charge is -2.23. The largest absolute Gasteiger partial charge is 0.331 e. The van der Waals surface area contributed by atoms with Crippen LogP contribution in [0.25, 0.3) is 0 Å². The zero-order valence-electron chi connectivity index (χ0n) is 14.1. The van der Waals surface area contributed by atoms with E-state index in [1.165, 1.54) is 17.6 Å². The number of nitrogens with zero attached hydrogens (tertiary/aromatic N) is 1. The van der Waals surface area contributed by atoms with E-state index in [0.29, 0.717) is 12.8 Å². The number of halogens is 5. The van der Waals surface area contributed by atoms with E-state index >= 15 is 0 Å². The molecule has 1 saturated carbocycles. The highest BCUT2D eigenvalue weighted by atomic mass is 19.2. The molecule has 0 heterocycles. The van der Waals surface area contributed by atoms with E-state index in [-0.39, 0.29) is 23.7 Å². The van der Waals surface area contributed by atoms with Crippen molar-refractivity contribution in [2.24, 2.45) is 0 Å². The molecule has 0 aliphatic heterocycles. The van der Waals surface area contributed by atoms with E-state index < -0.39 is 52.5 Å². The lowest BCUT2D eigenvalue weighted by atomic mass is 10.1. The summed E-state index contributed by atoms with van der Waals surface area (Å²) in [6, 6.07) is 3.07. The Morgan fingerprint density at radius 2 is 1.68 bits per heavy atom. The minimum atomic E-state index is -2.11. The quantitative estimate of drug-likeness (QED) is 0.266. The predicted molar refractivity (Wildman–Crippen MR) is 84.8 cm³/mol. The molecule has 10 heteroatoms. The van der Waals surface area contributed by atoms with Crippen LogP contribution in [0.3, 0.4) is 0 Å². The lowest BCUT2D eigenvalue weighted by Crippen LogP contribution is -2.34. The van der Waals surface area contributed by atoms with Gasteiger partial charge in [-0.05, 0) is 31.0 Å². The molecule has 2 aromatic carbocycles. The van der Waals surface area contributed by atoms with Crippen molar-refractivity contribution in [2.45, 2.75) is 25.4 Å². The van der Waals surface area contributed by atoms with Crippen molar-refractivity contribution >= 4 is 11.8 Å². The third-order valence-corrected chi connectivity index (χ3v) is 4.34. The number of nitrogens with one attached hydrogen (secondary N) is 1. The molecular formula is C18H13F5N2O3. The second kappa shape index (κ2) is 7.55. The van der Waals surface area contributed by atoms with Gasteiger partial charge in [0.2, 0.25) is 0 Å². The molecule has 148 valence electrons.